The van der Waals surface area contributed by atoms with Crippen LogP contribution in [0.2, 0.25) is 0 Å². The first-order valence-electron chi connectivity index (χ1n) is 6.11. The first kappa shape index (κ1) is 11.9. The number of hydrogen-bond acceptors (Lipinski definition) is 2. The Labute approximate surface area is 101 Å². The number of benzene rings is 1. The van der Waals surface area contributed by atoms with E-state index in [1.807, 2.05) is 6.92 Å². The van der Waals surface area contributed by atoms with Gasteiger partial charge in [0, 0.05) is 5.69 Å². The Morgan fingerprint density at radius 2 is 2.00 bits per heavy atom. The summed E-state index contributed by atoms with van der Waals surface area (Å²) in [5.74, 6) is -0.234. The number of nitrogens with one attached hydrogen (secondary N) is 1. The van der Waals surface area contributed by atoms with Crippen LogP contribution in [0.4, 0.5) is 10.1 Å². The highest BCUT2D eigenvalue weighted by atomic mass is 19.1. The third kappa shape index (κ3) is 2.58. The van der Waals surface area contributed by atoms with E-state index < -0.39 is 5.54 Å². The molecule has 0 unspecified atom stereocenters. The van der Waals surface area contributed by atoms with Gasteiger partial charge in [-0.25, -0.2) is 4.39 Å². The van der Waals surface area contributed by atoms with Crippen LogP contribution in [-0.4, -0.2) is 5.54 Å². The molecular formula is C14H17FN2. The zero-order valence-corrected chi connectivity index (χ0v) is 10.1. The largest absolute Gasteiger partial charge is 0.367 e. The molecule has 2 rings (SSSR count). The summed E-state index contributed by atoms with van der Waals surface area (Å²) in [4.78, 5) is 0. The summed E-state index contributed by atoms with van der Waals surface area (Å²) >= 11 is 0. The lowest BCUT2D eigenvalue weighted by Crippen LogP contribution is -2.38. The van der Waals surface area contributed by atoms with Gasteiger partial charge in [-0.3, -0.25) is 0 Å². The molecule has 0 saturated heterocycles. The van der Waals surface area contributed by atoms with Gasteiger partial charge in [-0.05, 0) is 43.5 Å². The van der Waals surface area contributed by atoms with E-state index in [0.29, 0.717) is 0 Å². The van der Waals surface area contributed by atoms with Gasteiger partial charge in [-0.2, -0.15) is 5.26 Å². The molecule has 2 nitrogen and oxygen atoms in total. The first-order valence-corrected chi connectivity index (χ1v) is 6.11. The Hall–Kier alpha value is -1.56. The molecule has 0 bridgehead atoms. The van der Waals surface area contributed by atoms with Gasteiger partial charge in [0.25, 0.3) is 0 Å². The van der Waals surface area contributed by atoms with Crippen molar-refractivity contribution < 1.29 is 4.39 Å². The molecule has 0 amide bonds. The molecular weight excluding hydrogens is 215 g/mol. The average Bonchev–Trinajstić information content (AvgIpc) is 2.34. The van der Waals surface area contributed by atoms with Crippen molar-refractivity contribution in [3.63, 3.8) is 0 Å². The fraction of sp³-hybridized carbons (Fsp3) is 0.500. The number of rotatable bonds is 2. The lowest BCUT2D eigenvalue weighted by Gasteiger charge is -2.33. The number of aryl methyl sites for hydroxylation is 1. The van der Waals surface area contributed by atoms with Crippen LogP contribution in [-0.2, 0) is 0 Å². The zero-order valence-electron chi connectivity index (χ0n) is 10.1. The smallest absolute Gasteiger partial charge is 0.125 e. The van der Waals surface area contributed by atoms with Crippen LogP contribution in [0.3, 0.4) is 0 Å². The predicted octanol–water partition coefficient (Wildman–Crippen LogP) is 3.77. The molecule has 1 aliphatic rings. The number of anilines is 1. The fourth-order valence-corrected chi connectivity index (χ4v) is 2.45. The van der Waals surface area contributed by atoms with E-state index in [1.54, 1.807) is 6.07 Å². The second-order valence-corrected chi connectivity index (χ2v) is 4.84. The van der Waals surface area contributed by atoms with Gasteiger partial charge in [0.05, 0.1) is 6.07 Å². The Morgan fingerprint density at radius 3 is 2.59 bits per heavy atom. The maximum absolute atomic E-state index is 13.0. The third-order valence-corrected chi connectivity index (χ3v) is 3.48. The van der Waals surface area contributed by atoms with Crippen molar-refractivity contribution in [1.29, 1.82) is 5.26 Å². The Bertz CT molecular complexity index is 442. The number of nitrogens with zero attached hydrogens (tertiary/aromatic N) is 1. The standard InChI is InChI=1S/C14H17FN2/c1-11-9-12(15)5-6-13(11)17-14(10-16)7-3-2-4-8-14/h5-6,9,17H,2-4,7-8H2,1H3. The minimum absolute atomic E-state index is 0.234. The van der Waals surface area contributed by atoms with E-state index in [9.17, 15) is 9.65 Å². The Balaban J connectivity index is 2.21. The lowest BCUT2D eigenvalue weighted by molar-refractivity contribution is 0.392. The molecule has 1 aromatic rings. The molecule has 17 heavy (non-hydrogen) atoms. The summed E-state index contributed by atoms with van der Waals surface area (Å²) in [6, 6.07) is 7.05. The van der Waals surface area contributed by atoms with Crippen molar-refractivity contribution in [1.82, 2.24) is 0 Å². The zero-order chi connectivity index (χ0) is 12.3. The van der Waals surface area contributed by atoms with Gasteiger partial charge in [0.2, 0.25) is 0 Å². The van der Waals surface area contributed by atoms with Crippen LogP contribution in [0.1, 0.15) is 37.7 Å². The van der Waals surface area contributed by atoms with Crippen LogP contribution in [0.5, 0.6) is 0 Å². The minimum Gasteiger partial charge on any atom is -0.367 e. The quantitative estimate of drug-likeness (QED) is 0.842. The maximum atomic E-state index is 13.0. The molecule has 1 aliphatic carbocycles. The van der Waals surface area contributed by atoms with Gasteiger partial charge in [-0.15, -0.1) is 0 Å². The van der Waals surface area contributed by atoms with Crippen molar-refractivity contribution >= 4 is 5.69 Å². The molecule has 0 spiro atoms. The molecule has 0 radical (unpaired) electrons. The van der Waals surface area contributed by atoms with E-state index in [4.69, 9.17) is 0 Å². The lowest BCUT2D eigenvalue weighted by atomic mass is 9.82. The van der Waals surface area contributed by atoms with E-state index in [0.717, 1.165) is 36.9 Å². The molecule has 0 heterocycles. The summed E-state index contributed by atoms with van der Waals surface area (Å²) in [6.45, 7) is 1.86. The molecule has 1 fully saturated rings. The molecule has 3 heteroatoms. The van der Waals surface area contributed by atoms with Gasteiger partial charge >= 0.3 is 0 Å². The fourth-order valence-electron chi connectivity index (χ4n) is 2.45. The van der Waals surface area contributed by atoms with Crippen molar-refractivity contribution in [2.75, 3.05) is 5.32 Å². The van der Waals surface area contributed by atoms with Crippen LogP contribution in [0.25, 0.3) is 0 Å². The van der Waals surface area contributed by atoms with E-state index in [1.165, 1.54) is 18.6 Å². The molecule has 90 valence electrons. The SMILES string of the molecule is Cc1cc(F)ccc1NC1(C#N)CCCCC1. The topological polar surface area (TPSA) is 35.8 Å². The van der Waals surface area contributed by atoms with Gasteiger partial charge in [-0.1, -0.05) is 19.3 Å². The van der Waals surface area contributed by atoms with Crippen LogP contribution < -0.4 is 5.32 Å². The van der Waals surface area contributed by atoms with Crippen molar-refractivity contribution in [2.24, 2.45) is 0 Å². The maximum Gasteiger partial charge on any atom is 0.125 e. The molecule has 0 aromatic heterocycles. The summed E-state index contributed by atoms with van der Waals surface area (Å²) < 4.78 is 13.0. The molecule has 0 aliphatic heterocycles. The van der Waals surface area contributed by atoms with Crippen molar-refractivity contribution in [3.8, 4) is 6.07 Å². The third-order valence-electron chi connectivity index (χ3n) is 3.48. The second kappa shape index (κ2) is 4.75. The monoisotopic (exact) mass is 232 g/mol. The van der Waals surface area contributed by atoms with E-state index in [-0.39, 0.29) is 5.82 Å². The summed E-state index contributed by atoms with van der Waals surface area (Å²) in [5, 5.41) is 12.7. The molecule has 0 atom stereocenters. The number of halogens is 1. The Kier molecular flexibility index (Phi) is 3.33. The van der Waals surface area contributed by atoms with Crippen molar-refractivity contribution in [3.05, 3.63) is 29.6 Å². The van der Waals surface area contributed by atoms with Crippen LogP contribution in [0.15, 0.2) is 18.2 Å². The van der Waals surface area contributed by atoms with Gasteiger partial charge in [0.1, 0.15) is 11.4 Å². The van der Waals surface area contributed by atoms with Crippen LogP contribution >= 0.6 is 0 Å². The normalized spacial score (nSPS) is 18.4. The van der Waals surface area contributed by atoms with E-state index >= 15 is 0 Å². The Morgan fingerprint density at radius 1 is 1.29 bits per heavy atom. The van der Waals surface area contributed by atoms with E-state index in [2.05, 4.69) is 11.4 Å². The summed E-state index contributed by atoms with van der Waals surface area (Å²) in [7, 11) is 0. The first-order chi connectivity index (χ1) is 8.15. The molecule has 1 N–H and O–H groups in total. The van der Waals surface area contributed by atoms with Crippen LogP contribution in [0, 0.1) is 24.1 Å². The average molecular weight is 232 g/mol. The highest BCUT2D eigenvalue weighted by molar-refractivity contribution is 5.54. The number of nitriles is 1. The predicted molar refractivity (Wildman–Crippen MR) is 66.2 cm³/mol. The van der Waals surface area contributed by atoms with Gasteiger partial charge in [0.15, 0.2) is 0 Å². The highest BCUT2D eigenvalue weighted by Crippen LogP contribution is 2.32. The highest BCUT2D eigenvalue weighted by Gasteiger charge is 2.32. The molecule has 1 aromatic carbocycles. The minimum atomic E-state index is -0.458. The number of hydrogen-bond donors (Lipinski definition) is 1. The summed E-state index contributed by atoms with van der Waals surface area (Å²) in [5.41, 5.74) is 1.26. The summed E-state index contributed by atoms with van der Waals surface area (Å²) in [6.07, 6.45) is 5.12. The second-order valence-electron chi connectivity index (χ2n) is 4.84. The molecule has 1 saturated carbocycles. The van der Waals surface area contributed by atoms with Gasteiger partial charge < -0.3 is 5.32 Å². The van der Waals surface area contributed by atoms with Crippen molar-refractivity contribution in [2.45, 2.75) is 44.6 Å².